The van der Waals surface area contributed by atoms with Crippen LogP contribution >= 0.6 is 23.1 Å². The minimum Gasteiger partial charge on any atom is -0.459 e. The molecule has 0 aliphatic carbocycles. The number of amides is 1. The lowest BCUT2D eigenvalue weighted by Gasteiger charge is -2.16. The monoisotopic (exact) mass is 450 g/mol. The van der Waals surface area contributed by atoms with Crippen molar-refractivity contribution in [1.82, 2.24) is 0 Å². The number of nitrogens with one attached hydrogen (secondary N) is 1. The second-order valence-electron chi connectivity index (χ2n) is 7.04. The predicted molar refractivity (Wildman–Crippen MR) is 124 cm³/mol. The number of thioether (sulfide) groups is 1. The summed E-state index contributed by atoms with van der Waals surface area (Å²) in [6, 6.07) is 21.2. The fourth-order valence-corrected chi connectivity index (χ4v) is 5.00. The lowest BCUT2D eigenvalue weighted by molar-refractivity contribution is -0.115. The highest BCUT2D eigenvalue weighted by molar-refractivity contribution is 8.00. The van der Waals surface area contributed by atoms with Crippen molar-refractivity contribution in [3.63, 3.8) is 0 Å². The Kier molecular flexibility index (Phi) is 7.50. The standard InChI is InChI=1S/C24H22N2O3S2/c1-15(2)29-24(28)20-16(3)19(14-25)23(31-20)26-22(27)21(17-10-6-4-7-11-17)30-18-12-8-5-9-13-18/h4-13,15,21H,1-3H3,(H,26,27). The average molecular weight is 451 g/mol. The molecule has 0 fully saturated rings. The summed E-state index contributed by atoms with van der Waals surface area (Å²) in [6.07, 6.45) is -0.276. The van der Waals surface area contributed by atoms with E-state index in [4.69, 9.17) is 4.74 Å². The third kappa shape index (κ3) is 5.54. The van der Waals surface area contributed by atoms with Crippen molar-refractivity contribution in [2.24, 2.45) is 0 Å². The van der Waals surface area contributed by atoms with Crippen molar-refractivity contribution in [2.45, 2.75) is 37.0 Å². The van der Waals surface area contributed by atoms with Gasteiger partial charge in [0.2, 0.25) is 5.91 Å². The Morgan fingerprint density at radius 1 is 1.06 bits per heavy atom. The van der Waals surface area contributed by atoms with Gasteiger partial charge < -0.3 is 10.1 Å². The number of rotatable bonds is 7. The first-order valence-electron chi connectivity index (χ1n) is 9.72. The van der Waals surface area contributed by atoms with Gasteiger partial charge in [-0.05, 0) is 44.0 Å². The molecule has 158 valence electrons. The van der Waals surface area contributed by atoms with Crippen LogP contribution < -0.4 is 5.32 Å². The molecule has 7 heteroatoms. The number of anilines is 1. The summed E-state index contributed by atoms with van der Waals surface area (Å²) in [5.74, 6) is -0.755. The van der Waals surface area contributed by atoms with Gasteiger partial charge in [-0.3, -0.25) is 4.79 Å². The topological polar surface area (TPSA) is 79.2 Å². The van der Waals surface area contributed by atoms with Gasteiger partial charge in [-0.1, -0.05) is 48.5 Å². The molecule has 1 N–H and O–H groups in total. The average Bonchev–Trinajstić information content (AvgIpc) is 3.07. The Bertz CT molecular complexity index is 1100. The van der Waals surface area contributed by atoms with E-state index in [9.17, 15) is 14.9 Å². The van der Waals surface area contributed by atoms with Crippen LogP contribution in [0, 0.1) is 18.3 Å². The van der Waals surface area contributed by atoms with Gasteiger partial charge in [0.1, 0.15) is 21.2 Å². The highest BCUT2D eigenvalue weighted by atomic mass is 32.2. The molecule has 1 amide bonds. The van der Waals surface area contributed by atoms with Gasteiger partial charge in [-0.15, -0.1) is 23.1 Å². The summed E-state index contributed by atoms with van der Waals surface area (Å²) in [4.78, 5) is 27.0. The van der Waals surface area contributed by atoms with E-state index in [2.05, 4.69) is 11.4 Å². The fraction of sp³-hybridized carbons (Fsp3) is 0.208. The summed E-state index contributed by atoms with van der Waals surface area (Å²) in [6.45, 7) is 5.22. The van der Waals surface area contributed by atoms with Gasteiger partial charge in [0, 0.05) is 4.90 Å². The quantitative estimate of drug-likeness (QED) is 0.355. The van der Waals surface area contributed by atoms with Crippen LogP contribution in [0.3, 0.4) is 0 Å². The van der Waals surface area contributed by atoms with E-state index in [1.807, 2.05) is 60.7 Å². The van der Waals surface area contributed by atoms with Gasteiger partial charge in [-0.2, -0.15) is 5.26 Å². The van der Waals surface area contributed by atoms with Crippen LogP contribution in [-0.2, 0) is 9.53 Å². The van der Waals surface area contributed by atoms with Gasteiger partial charge in [-0.25, -0.2) is 4.79 Å². The van der Waals surface area contributed by atoms with E-state index in [1.165, 1.54) is 11.8 Å². The molecule has 1 aromatic heterocycles. The smallest absolute Gasteiger partial charge is 0.348 e. The molecule has 1 heterocycles. The molecule has 0 radical (unpaired) electrons. The number of nitrogens with zero attached hydrogens (tertiary/aromatic N) is 1. The first-order chi connectivity index (χ1) is 14.9. The van der Waals surface area contributed by atoms with E-state index in [0.717, 1.165) is 21.8 Å². The number of carbonyl (C=O) groups excluding carboxylic acids is 2. The summed E-state index contributed by atoms with van der Waals surface area (Å²) >= 11 is 2.50. The molecular weight excluding hydrogens is 428 g/mol. The van der Waals surface area contributed by atoms with Crippen molar-refractivity contribution < 1.29 is 14.3 Å². The third-order valence-corrected chi connectivity index (χ3v) is 6.81. The zero-order valence-electron chi connectivity index (χ0n) is 17.4. The molecule has 3 aromatic rings. The van der Waals surface area contributed by atoms with Crippen LogP contribution in [0.1, 0.15) is 45.5 Å². The first kappa shape index (κ1) is 22.6. The van der Waals surface area contributed by atoms with Crippen LogP contribution in [0.2, 0.25) is 0 Å². The lowest BCUT2D eigenvalue weighted by atomic mass is 10.1. The van der Waals surface area contributed by atoms with Gasteiger partial charge in [0.15, 0.2) is 0 Å². The molecule has 0 aliphatic rings. The van der Waals surface area contributed by atoms with Crippen molar-refractivity contribution in [1.29, 1.82) is 5.26 Å². The predicted octanol–water partition coefficient (Wildman–Crippen LogP) is 5.97. The van der Waals surface area contributed by atoms with Gasteiger partial charge in [0.05, 0.1) is 11.7 Å². The summed E-state index contributed by atoms with van der Waals surface area (Å²) in [5, 5.41) is 12.3. The number of ether oxygens (including phenoxy) is 1. The summed E-state index contributed by atoms with van der Waals surface area (Å²) in [7, 11) is 0. The molecule has 5 nitrogen and oxygen atoms in total. The number of hydrogen-bond acceptors (Lipinski definition) is 6. The molecule has 0 saturated carbocycles. The zero-order chi connectivity index (χ0) is 22.4. The molecule has 31 heavy (non-hydrogen) atoms. The number of benzene rings is 2. The number of thiophene rings is 1. The van der Waals surface area contributed by atoms with E-state index in [-0.39, 0.29) is 17.6 Å². The van der Waals surface area contributed by atoms with Crippen molar-refractivity contribution in [3.8, 4) is 6.07 Å². The van der Waals surface area contributed by atoms with Gasteiger partial charge >= 0.3 is 5.97 Å². The maximum absolute atomic E-state index is 13.3. The second-order valence-corrected chi connectivity index (χ2v) is 9.24. The molecule has 0 aliphatic heterocycles. The van der Waals surface area contributed by atoms with Crippen LogP contribution in [0.15, 0.2) is 65.6 Å². The molecule has 0 bridgehead atoms. The second kappa shape index (κ2) is 10.3. The van der Waals surface area contributed by atoms with E-state index < -0.39 is 11.2 Å². The van der Waals surface area contributed by atoms with Crippen molar-refractivity contribution in [2.75, 3.05) is 5.32 Å². The Labute approximate surface area is 190 Å². The number of carbonyl (C=O) groups is 2. The maximum atomic E-state index is 13.3. The van der Waals surface area contributed by atoms with Crippen LogP contribution in [0.25, 0.3) is 0 Å². The lowest BCUT2D eigenvalue weighted by Crippen LogP contribution is -2.19. The van der Waals surface area contributed by atoms with E-state index in [0.29, 0.717) is 15.4 Å². The Morgan fingerprint density at radius 3 is 2.26 bits per heavy atom. The number of hydrogen-bond donors (Lipinski definition) is 1. The molecular formula is C24H22N2O3S2. The Balaban J connectivity index is 1.91. The largest absolute Gasteiger partial charge is 0.459 e. The highest BCUT2D eigenvalue weighted by Gasteiger charge is 2.27. The first-order valence-corrected chi connectivity index (χ1v) is 11.4. The highest BCUT2D eigenvalue weighted by Crippen LogP contribution is 2.38. The van der Waals surface area contributed by atoms with Gasteiger partial charge in [0.25, 0.3) is 0 Å². The molecule has 3 rings (SSSR count). The van der Waals surface area contributed by atoms with Crippen molar-refractivity contribution >= 4 is 40.0 Å². The van der Waals surface area contributed by atoms with E-state index in [1.54, 1.807) is 20.8 Å². The minimum atomic E-state index is -0.524. The summed E-state index contributed by atoms with van der Waals surface area (Å²) < 4.78 is 5.28. The van der Waals surface area contributed by atoms with Crippen LogP contribution in [-0.4, -0.2) is 18.0 Å². The van der Waals surface area contributed by atoms with Crippen LogP contribution in [0.4, 0.5) is 5.00 Å². The maximum Gasteiger partial charge on any atom is 0.348 e. The molecule has 2 aromatic carbocycles. The third-order valence-electron chi connectivity index (χ3n) is 4.36. The Morgan fingerprint density at radius 2 is 1.68 bits per heavy atom. The zero-order valence-corrected chi connectivity index (χ0v) is 19.0. The summed E-state index contributed by atoms with van der Waals surface area (Å²) in [5.41, 5.74) is 1.64. The Hall–Kier alpha value is -3.08. The number of esters is 1. The normalized spacial score (nSPS) is 11.6. The fourth-order valence-electron chi connectivity index (χ4n) is 2.91. The van der Waals surface area contributed by atoms with Crippen molar-refractivity contribution in [3.05, 3.63) is 82.2 Å². The molecule has 0 spiro atoms. The molecule has 1 unspecified atom stereocenters. The van der Waals surface area contributed by atoms with Crippen LogP contribution in [0.5, 0.6) is 0 Å². The number of nitriles is 1. The minimum absolute atomic E-state index is 0.262. The van der Waals surface area contributed by atoms with E-state index >= 15 is 0 Å². The molecule has 0 saturated heterocycles. The molecule has 1 atom stereocenters. The SMILES string of the molecule is Cc1c(C(=O)OC(C)C)sc(NC(=O)C(Sc2ccccc2)c2ccccc2)c1C#N.